The summed E-state index contributed by atoms with van der Waals surface area (Å²) in [6.07, 6.45) is 2.32. The Hall–Kier alpha value is -1.99. The van der Waals surface area contributed by atoms with Crippen LogP contribution in [0.5, 0.6) is 11.5 Å². The molecule has 7 heteroatoms. The fourth-order valence-electron chi connectivity index (χ4n) is 3.76. The fourth-order valence-corrected chi connectivity index (χ4v) is 3.76. The number of ether oxygens (including phenoxy) is 3. The van der Waals surface area contributed by atoms with Crippen molar-refractivity contribution in [2.45, 2.75) is 30.9 Å². The quantitative estimate of drug-likeness (QED) is 0.791. The van der Waals surface area contributed by atoms with E-state index in [2.05, 4.69) is 15.5 Å². The highest BCUT2D eigenvalue weighted by Crippen LogP contribution is 2.31. The molecule has 3 rings (SSSR count). The monoisotopic (exact) mass is 363 g/mol. The van der Waals surface area contributed by atoms with E-state index in [-0.39, 0.29) is 11.9 Å². The van der Waals surface area contributed by atoms with Crippen molar-refractivity contribution in [3.63, 3.8) is 0 Å². The van der Waals surface area contributed by atoms with Gasteiger partial charge in [0.05, 0.1) is 14.2 Å². The van der Waals surface area contributed by atoms with Crippen molar-refractivity contribution >= 4 is 11.6 Å². The molecule has 2 heterocycles. The van der Waals surface area contributed by atoms with Crippen LogP contribution in [0.25, 0.3) is 0 Å². The van der Waals surface area contributed by atoms with Crippen LogP contribution in [0.2, 0.25) is 0 Å². The molecule has 1 aromatic carbocycles. The first-order valence-electron chi connectivity index (χ1n) is 9.15. The highest BCUT2D eigenvalue weighted by Gasteiger charge is 2.41. The second kappa shape index (κ2) is 8.14. The SMILES string of the molecule is COc1cc(OC)cc(N2CCC(NC(=O)C3(OC)CCNCC3)C2)c1. The number of rotatable bonds is 6. The zero-order valence-electron chi connectivity index (χ0n) is 15.8. The molecule has 144 valence electrons. The molecule has 2 aliphatic heterocycles. The molecule has 0 aliphatic carbocycles. The van der Waals surface area contributed by atoms with E-state index in [4.69, 9.17) is 14.2 Å². The number of hydrogen-bond donors (Lipinski definition) is 2. The minimum atomic E-state index is -0.697. The Labute approximate surface area is 155 Å². The standard InChI is InChI=1S/C19H29N3O4/c1-24-16-10-15(11-17(12-16)25-2)22-9-4-14(13-22)21-18(23)19(26-3)5-7-20-8-6-19/h10-12,14,20H,4-9,13H2,1-3H3,(H,21,23). The molecule has 7 nitrogen and oxygen atoms in total. The summed E-state index contributed by atoms with van der Waals surface area (Å²) in [7, 11) is 4.93. The van der Waals surface area contributed by atoms with E-state index in [1.807, 2.05) is 18.2 Å². The van der Waals surface area contributed by atoms with Gasteiger partial charge in [-0.2, -0.15) is 0 Å². The van der Waals surface area contributed by atoms with Gasteiger partial charge in [-0.15, -0.1) is 0 Å². The maximum atomic E-state index is 12.8. The molecule has 0 bridgehead atoms. The van der Waals surface area contributed by atoms with Crippen LogP contribution in [-0.4, -0.2) is 65.1 Å². The molecule has 1 amide bonds. The number of hydrogen-bond acceptors (Lipinski definition) is 6. The zero-order valence-corrected chi connectivity index (χ0v) is 15.8. The Balaban J connectivity index is 1.64. The van der Waals surface area contributed by atoms with E-state index in [1.165, 1.54) is 0 Å². The van der Waals surface area contributed by atoms with Gasteiger partial charge in [-0.3, -0.25) is 4.79 Å². The summed E-state index contributed by atoms with van der Waals surface area (Å²) in [6, 6.07) is 5.96. The molecule has 2 N–H and O–H groups in total. The van der Waals surface area contributed by atoms with Gasteiger partial charge in [-0.25, -0.2) is 0 Å². The van der Waals surface area contributed by atoms with Gasteiger partial charge in [-0.05, 0) is 32.4 Å². The Morgan fingerprint density at radius 3 is 2.38 bits per heavy atom. The molecule has 2 fully saturated rings. The average Bonchev–Trinajstić information content (AvgIpc) is 3.16. The lowest BCUT2D eigenvalue weighted by Crippen LogP contribution is -2.56. The molecule has 1 aromatic rings. The van der Waals surface area contributed by atoms with E-state index in [1.54, 1.807) is 21.3 Å². The van der Waals surface area contributed by atoms with Crippen LogP contribution in [0.1, 0.15) is 19.3 Å². The normalized spacial score (nSPS) is 22.1. The maximum absolute atomic E-state index is 12.8. The third-order valence-electron chi connectivity index (χ3n) is 5.44. The van der Waals surface area contributed by atoms with Gasteiger partial charge in [-0.1, -0.05) is 0 Å². The van der Waals surface area contributed by atoms with E-state index < -0.39 is 5.60 Å². The van der Waals surface area contributed by atoms with Gasteiger partial charge < -0.3 is 29.7 Å². The van der Waals surface area contributed by atoms with E-state index in [9.17, 15) is 4.79 Å². The Bertz CT molecular complexity index is 609. The van der Waals surface area contributed by atoms with Gasteiger partial charge in [0, 0.05) is 50.1 Å². The lowest BCUT2D eigenvalue weighted by Gasteiger charge is -2.35. The van der Waals surface area contributed by atoms with Gasteiger partial charge in [0.1, 0.15) is 17.1 Å². The van der Waals surface area contributed by atoms with Crippen molar-refractivity contribution < 1.29 is 19.0 Å². The zero-order chi connectivity index (χ0) is 18.6. The summed E-state index contributed by atoms with van der Waals surface area (Å²) >= 11 is 0. The van der Waals surface area contributed by atoms with Crippen LogP contribution in [0, 0.1) is 0 Å². The number of carbonyl (C=O) groups is 1. The molecular weight excluding hydrogens is 334 g/mol. The van der Waals surface area contributed by atoms with E-state index in [0.29, 0.717) is 12.8 Å². The number of benzene rings is 1. The molecule has 1 unspecified atom stereocenters. The number of piperidine rings is 1. The second-order valence-electron chi connectivity index (χ2n) is 6.92. The van der Waals surface area contributed by atoms with Crippen molar-refractivity contribution in [1.82, 2.24) is 10.6 Å². The van der Waals surface area contributed by atoms with Gasteiger partial charge >= 0.3 is 0 Å². The van der Waals surface area contributed by atoms with Crippen LogP contribution in [-0.2, 0) is 9.53 Å². The molecule has 0 saturated carbocycles. The lowest BCUT2D eigenvalue weighted by atomic mass is 9.90. The average molecular weight is 363 g/mol. The number of amides is 1. The third kappa shape index (κ3) is 3.88. The number of anilines is 1. The maximum Gasteiger partial charge on any atom is 0.252 e. The molecule has 2 aliphatic rings. The first-order chi connectivity index (χ1) is 12.6. The second-order valence-corrected chi connectivity index (χ2v) is 6.92. The topological polar surface area (TPSA) is 72.1 Å². The predicted molar refractivity (Wildman–Crippen MR) is 100 cm³/mol. The van der Waals surface area contributed by atoms with Crippen molar-refractivity contribution in [3.05, 3.63) is 18.2 Å². The number of nitrogens with one attached hydrogen (secondary N) is 2. The minimum Gasteiger partial charge on any atom is -0.497 e. The molecular formula is C19H29N3O4. The fraction of sp³-hybridized carbons (Fsp3) is 0.632. The molecule has 26 heavy (non-hydrogen) atoms. The Morgan fingerprint density at radius 1 is 1.15 bits per heavy atom. The van der Waals surface area contributed by atoms with Crippen molar-refractivity contribution in [2.24, 2.45) is 0 Å². The van der Waals surface area contributed by atoms with Crippen molar-refractivity contribution in [3.8, 4) is 11.5 Å². The molecule has 1 atom stereocenters. The van der Waals surface area contributed by atoms with Crippen LogP contribution >= 0.6 is 0 Å². The summed E-state index contributed by atoms with van der Waals surface area (Å²) in [5.74, 6) is 1.54. The van der Waals surface area contributed by atoms with Gasteiger partial charge in [0.25, 0.3) is 5.91 Å². The van der Waals surface area contributed by atoms with Crippen molar-refractivity contribution in [1.29, 1.82) is 0 Å². The molecule has 0 radical (unpaired) electrons. The van der Waals surface area contributed by atoms with E-state index in [0.717, 1.165) is 49.8 Å². The first-order valence-corrected chi connectivity index (χ1v) is 9.15. The molecule has 0 aromatic heterocycles. The number of carbonyl (C=O) groups excluding carboxylic acids is 1. The van der Waals surface area contributed by atoms with Crippen molar-refractivity contribution in [2.75, 3.05) is 52.4 Å². The van der Waals surface area contributed by atoms with Crippen LogP contribution in [0.15, 0.2) is 18.2 Å². The van der Waals surface area contributed by atoms with Gasteiger partial charge in [0.2, 0.25) is 0 Å². The predicted octanol–water partition coefficient (Wildman–Crippen LogP) is 1.17. The minimum absolute atomic E-state index is 0.0107. The number of methoxy groups -OCH3 is 3. The molecule has 0 spiro atoms. The summed E-state index contributed by atoms with van der Waals surface area (Å²) in [4.78, 5) is 15.1. The largest absolute Gasteiger partial charge is 0.497 e. The Kier molecular flexibility index (Phi) is 5.88. The highest BCUT2D eigenvalue weighted by molar-refractivity contribution is 5.85. The van der Waals surface area contributed by atoms with Crippen LogP contribution in [0.3, 0.4) is 0 Å². The summed E-state index contributed by atoms with van der Waals surface area (Å²) in [5.41, 5.74) is 0.346. The van der Waals surface area contributed by atoms with Gasteiger partial charge in [0.15, 0.2) is 0 Å². The Morgan fingerprint density at radius 2 is 1.81 bits per heavy atom. The van der Waals surface area contributed by atoms with E-state index >= 15 is 0 Å². The van der Waals surface area contributed by atoms with Crippen LogP contribution < -0.4 is 25.0 Å². The third-order valence-corrected chi connectivity index (χ3v) is 5.44. The smallest absolute Gasteiger partial charge is 0.252 e. The first kappa shape index (κ1) is 18.8. The molecule has 2 saturated heterocycles. The number of nitrogens with zero attached hydrogens (tertiary/aromatic N) is 1. The van der Waals surface area contributed by atoms with Crippen LogP contribution in [0.4, 0.5) is 5.69 Å². The highest BCUT2D eigenvalue weighted by atomic mass is 16.5. The summed E-state index contributed by atoms with van der Waals surface area (Å²) in [5, 5.41) is 6.48. The summed E-state index contributed by atoms with van der Waals surface area (Å²) < 4.78 is 16.3. The lowest BCUT2D eigenvalue weighted by molar-refractivity contribution is -0.147. The summed E-state index contributed by atoms with van der Waals surface area (Å²) in [6.45, 7) is 3.26.